The summed E-state index contributed by atoms with van der Waals surface area (Å²) in [5.74, 6) is -1.45. The topological polar surface area (TPSA) is 82.5 Å². The van der Waals surface area contributed by atoms with Crippen molar-refractivity contribution in [3.8, 4) is 5.75 Å². The van der Waals surface area contributed by atoms with E-state index in [0.29, 0.717) is 11.6 Å². The molecule has 0 saturated carbocycles. The number of pyridine rings is 1. The first-order valence-corrected chi connectivity index (χ1v) is 10.4. The summed E-state index contributed by atoms with van der Waals surface area (Å²) in [4.78, 5) is 31.8. The minimum absolute atomic E-state index is 0.0654. The molecule has 1 unspecified atom stereocenters. The van der Waals surface area contributed by atoms with Crippen LogP contribution in [-0.2, 0) is 17.6 Å². The SMILES string of the molecule is CC(C)c1ccc(N2C(=O)NC(Cc3ccncc3)(Cc3cccc(F)c3O)C2=O)cc1. The molecule has 32 heavy (non-hydrogen) atoms. The van der Waals surface area contributed by atoms with Gasteiger partial charge in [-0.25, -0.2) is 14.1 Å². The van der Waals surface area contributed by atoms with Gasteiger partial charge in [0.15, 0.2) is 11.6 Å². The highest BCUT2D eigenvalue weighted by Gasteiger charge is 2.52. The molecule has 1 aromatic heterocycles. The third kappa shape index (κ3) is 3.93. The van der Waals surface area contributed by atoms with E-state index in [1.54, 1.807) is 42.7 Å². The van der Waals surface area contributed by atoms with Crippen molar-refractivity contribution in [2.24, 2.45) is 0 Å². The summed E-state index contributed by atoms with van der Waals surface area (Å²) in [6.07, 6.45) is 3.30. The zero-order chi connectivity index (χ0) is 22.9. The Morgan fingerprint density at radius 3 is 2.38 bits per heavy atom. The molecular formula is C25H24FN3O3. The van der Waals surface area contributed by atoms with Gasteiger partial charge >= 0.3 is 6.03 Å². The third-order valence-corrected chi connectivity index (χ3v) is 5.80. The van der Waals surface area contributed by atoms with Crippen molar-refractivity contribution in [2.75, 3.05) is 4.90 Å². The van der Waals surface area contributed by atoms with E-state index < -0.39 is 29.0 Å². The molecule has 0 bridgehead atoms. The number of phenolic OH excluding ortho intramolecular Hbond substituents is 1. The maximum absolute atomic E-state index is 14.0. The Morgan fingerprint density at radius 1 is 1.03 bits per heavy atom. The van der Waals surface area contributed by atoms with Gasteiger partial charge in [0.25, 0.3) is 5.91 Å². The Labute approximate surface area is 185 Å². The van der Waals surface area contributed by atoms with Crippen LogP contribution in [0, 0.1) is 5.82 Å². The number of urea groups is 1. The highest BCUT2D eigenvalue weighted by atomic mass is 19.1. The maximum Gasteiger partial charge on any atom is 0.329 e. The number of nitrogens with zero attached hydrogens (tertiary/aromatic N) is 2. The van der Waals surface area contributed by atoms with Crippen molar-refractivity contribution in [3.63, 3.8) is 0 Å². The first-order valence-electron chi connectivity index (χ1n) is 10.4. The van der Waals surface area contributed by atoms with Crippen molar-refractivity contribution in [3.05, 3.63) is 89.5 Å². The van der Waals surface area contributed by atoms with Gasteiger partial charge < -0.3 is 10.4 Å². The predicted molar refractivity (Wildman–Crippen MR) is 119 cm³/mol. The van der Waals surface area contributed by atoms with E-state index in [0.717, 1.165) is 22.1 Å². The highest BCUT2D eigenvalue weighted by molar-refractivity contribution is 6.23. The molecule has 2 aromatic carbocycles. The van der Waals surface area contributed by atoms with Crippen LogP contribution in [0.1, 0.15) is 36.5 Å². The number of benzene rings is 2. The lowest BCUT2D eigenvalue weighted by atomic mass is 9.84. The number of hydrogen-bond donors (Lipinski definition) is 2. The van der Waals surface area contributed by atoms with Gasteiger partial charge in [0.2, 0.25) is 0 Å². The second-order valence-corrected chi connectivity index (χ2v) is 8.36. The number of hydrogen-bond acceptors (Lipinski definition) is 4. The van der Waals surface area contributed by atoms with E-state index in [4.69, 9.17) is 0 Å². The van der Waals surface area contributed by atoms with E-state index in [9.17, 15) is 19.1 Å². The molecule has 1 fully saturated rings. The Kier molecular flexibility index (Phi) is 5.65. The number of amides is 3. The van der Waals surface area contributed by atoms with Crippen molar-refractivity contribution in [1.29, 1.82) is 0 Å². The van der Waals surface area contributed by atoms with Crippen LogP contribution in [-0.4, -0.2) is 27.6 Å². The van der Waals surface area contributed by atoms with Crippen molar-refractivity contribution < 1.29 is 19.1 Å². The van der Waals surface area contributed by atoms with Crippen molar-refractivity contribution >= 4 is 17.6 Å². The molecule has 1 saturated heterocycles. The van der Waals surface area contributed by atoms with Gasteiger partial charge in [-0.05, 0) is 52.9 Å². The summed E-state index contributed by atoms with van der Waals surface area (Å²) in [6.45, 7) is 4.13. The maximum atomic E-state index is 14.0. The molecule has 0 aliphatic carbocycles. The van der Waals surface area contributed by atoms with Crippen LogP contribution in [0.15, 0.2) is 67.0 Å². The molecule has 4 rings (SSSR count). The number of carbonyl (C=O) groups is 2. The lowest BCUT2D eigenvalue weighted by molar-refractivity contribution is -0.122. The first-order chi connectivity index (χ1) is 15.3. The molecule has 2 N–H and O–H groups in total. The van der Waals surface area contributed by atoms with Gasteiger partial charge in [-0.2, -0.15) is 0 Å². The number of anilines is 1. The predicted octanol–water partition coefficient (Wildman–Crippen LogP) is 4.33. The minimum atomic E-state index is -1.39. The summed E-state index contributed by atoms with van der Waals surface area (Å²) in [7, 11) is 0. The zero-order valence-electron chi connectivity index (χ0n) is 17.9. The number of imide groups is 1. The third-order valence-electron chi connectivity index (χ3n) is 5.80. The second-order valence-electron chi connectivity index (χ2n) is 8.36. The fourth-order valence-electron chi connectivity index (χ4n) is 4.04. The number of nitrogens with one attached hydrogen (secondary N) is 1. The number of aromatic hydroxyl groups is 1. The molecule has 3 amide bonds. The van der Waals surface area contributed by atoms with Crippen LogP contribution in [0.4, 0.5) is 14.9 Å². The minimum Gasteiger partial charge on any atom is -0.505 e. The summed E-state index contributed by atoms with van der Waals surface area (Å²) in [5, 5.41) is 13.1. The van der Waals surface area contributed by atoms with Crippen LogP contribution in [0.2, 0.25) is 0 Å². The molecule has 0 radical (unpaired) electrons. The smallest absolute Gasteiger partial charge is 0.329 e. The second kappa shape index (κ2) is 8.42. The van der Waals surface area contributed by atoms with Gasteiger partial charge in [0, 0.05) is 25.2 Å². The fraction of sp³-hybridized carbons (Fsp3) is 0.240. The van der Waals surface area contributed by atoms with Gasteiger partial charge in [0.1, 0.15) is 5.54 Å². The fourth-order valence-corrected chi connectivity index (χ4v) is 4.04. The van der Waals surface area contributed by atoms with Crippen molar-refractivity contribution in [2.45, 2.75) is 38.1 Å². The molecule has 7 heteroatoms. The van der Waals surface area contributed by atoms with Crippen LogP contribution in [0.25, 0.3) is 0 Å². The largest absolute Gasteiger partial charge is 0.505 e. The number of phenols is 1. The molecule has 0 spiro atoms. The highest BCUT2D eigenvalue weighted by Crippen LogP contribution is 2.34. The average Bonchev–Trinajstić information content (AvgIpc) is 3.01. The average molecular weight is 433 g/mol. The van der Waals surface area contributed by atoms with Gasteiger partial charge in [-0.3, -0.25) is 9.78 Å². The van der Waals surface area contributed by atoms with E-state index in [1.807, 2.05) is 12.1 Å². The molecule has 3 aromatic rings. The number of carbonyl (C=O) groups excluding carboxylic acids is 2. The zero-order valence-corrected chi connectivity index (χ0v) is 17.9. The molecular weight excluding hydrogens is 409 g/mol. The van der Waals surface area contributed by atoms with Crippen molar-refractivity contribution in [1.82, 2.24) is 10.3 Å². The first kappa shape index (κ1) is 21.5. The summed E-state index contributed by atoms with van der Waals surface area (Å²) < 4.78 is 14.0. The number of para-hydroxylation sites is 1. The van der Waals surface area contributed by atoms with Crippen LogP contribution in [0.3, 0.4) is 0 Å². The van der Waals surface area contributed by atoms with Gasteiger partial charge in [-0.15, -0.1) is 0 Å². The molecule has 6 nitrogen and oxygen atoms in total. The van der Waals surface area contributed by atoms with E-state index in [2.05, 4.69) is 24.1 Å². The normalized spacial score (nSPS) is 18.3. The van der Waals surface area contributed by atoms with E-state index in [1.165, 1.54) is 6.07 Å². The Hall–Kier alpha value is -3.74. The quantitative estimate of drug-likeness (QED) is 0.567. The molecule has 1 aliphatic heterocycles. The Bertz CT molecular complexity index is 1150. The molecule has 1 atom stereocenters. The van der Waals surface area contributed by atoms with Gasteiger partial charge in [0.05, 0.1) is 5.69 Å². The van der Waals surface area contributed by atoms with Gasteiger partial charge in [-0.1, -0.05) is 38.1 Å². The standard InChI is InChI=1S/C25H24FN3O3/c1-16(2)18-6-8-20(9-7-18)29-23(31)25(28-24(29)32,14-17-10-12-27-13-11-17)15-19-4-3-5-21(26)22(19)30/h3-13,16,30H,14-15H2,1-2H3,(H,28,32). The lowest BCUT2D eigenvalue weighted by Gasteiger charge is -2.27. The monoisotopic (exact) mass is 433 g/mol. The number of halogens is 1. The van der Waals surface area contributed by atoms with E-state index in [-0.39, 0.29) is 18.4 Å². The molecule has 1 aliphatic rings. The number of aromatic nitrogens is 1. The number of rotatable bonds is 6. The molecule has 164 valence electrons. The van der Waals surface area contributed by atoms with Crippen LogP contribution >= 0.6 is 0 Å². The summed E-state index contributed by atoms with van der Waals surface area (Å²) >= 11 is 0. The van der Waals surface area contributed by atoms with Crippen LogP contribution < -0.4 is 10.2 Å². The molecule has 2 heterocycles. The Morgan fingerprint density at radius 2 is 1.72 bits per heavy atom. The summed E-state index contributed by atoms with van der Waals surface area (Å²) in [6, 6.07) is 14.4. The van der Waals surface area contributed by atoms with E-state index >= 15 is 0 Å². The lowest BCUT2D eigenvalue weighted by Crippen LogP contribution is -2.51. The summed E-state index contributed by atoms with van der Waals surface area (Å²) in [5.41, 5.74) is 1.18. The van der Waals surface area contributed by atoms with Crippen LogP contribution in [0.5, 0.6) is 5.75 Å². The Balaban J connectivity index is 1.74.